The van der Waals surface area contributed by atoms with E-state index < -0.39 is 17.5 Å². The number of hydrogen-bond donors (Lipinski definition) is 2. The summed E-state index contributed by atoms with van der Waals surface area (Å²) in [6, 6.07) is 7.48. The van der Waals surface area contributed by atoms with E-state index in [1.165, 1.54) is 0 Å². The van der Waals surface area contributed by atoms with E-state index in [0.717, 1.165) is 17.5 Å². The van der Waals surface area contributed by atoms with Crippen molar-refractivity contribution in [1.82, 2.24) is 0 Å². The summed E-state index contributed by atoms with van der Waals surface area (Å²) in [6.45, 7) is 8.06. The number of benzene rings is 1. The van der Waals surface area contributed by atoms with Crippen LogP contribution in [0.3, 0.4) is 0 Å². The standard InChI is InChI=1S/C18H24O4/c1-11(2)9-13-7-5-6-8-14(13)15(10-12(3)4)16(17(19)20)18(21)22/h5-8,11-12H,9-10H2,1-4H3,(H,19,20)(H,21,22). The molecule has 4 heteroatoms. The third-order valence-electron chi connectivity index (χ3n) is 3.31. The molecule has 1 aromatic carbocycles. The number of aliphatic carboxylic acids is 2. The lowest BCUT2D eigenvalue weighted by molar-refractivity contribution is -0.140. The summed E-state index contributed by atoms with van der Waals surface area (Å²) < 4.78 is 0. The van der Waals surface area contributed by atoms with Crippen molar-refractivity contribution in [1.29, 1.82) is 0 Å². The summed E-state index contributed by atoms with van der Waals surface area (Å²) >= 11 is 0. The highest BCUT2D eigenvalue weighted by Gasteiger charge is 2.25. The van der Waals surface area contributed by atoms with Gasteiger partial charge >= 0.3 is 11.9 Å². The van der Waals surface area contributed by atoms with Gasteiger partial charge in [0.2, 0.25) is 0 Å². The molecule has 0 aliphatic rings. The number of rotatable bonds is 7. The van der Waals surface area contributed by atoms with Crippen LogP contribution in [0.4, 0.5) is 0 Å². The van der Waals surface area contributed by atoms with Gasteiger partial charge in [-0.15, -0.1) is 0 Å². The molecule has 0 radical (unpaired) electrons. The molecule has 120 valence electrons. The van der Waals surface area contributed by atoms with Crippen molar-refractivity contribution in [3.8, 4) is 0 Å². The lowest BCUT2D eigenvalue weighted by atomic mass is 9.87. The van der Waals surface area contributed by atoms with Crippen molar-refractivity contribution in [3.05, 3.63) is 41.0 Å². The first-order valence-corrected chi connectivity index (χ1v) is 7.52. The summed E-state index contributed by atoms with van der Waals surface area (Å²) in [4.78, 5) is 22.9. The van der Waals surface area contributed by atoms with Crippen LogP contribution in [-0.2, 0) is 16.0 Å². The zero-order chi connectivity index (χ0) is 16.9. The summed E-state index contributed by atoms with van der Waals surface area (Å²) in [7, 11) is 0. The van der Waals surface area contributed by atoms with E-state index in [1.54, 1.807) is 0 Å². The van der Waals surface area contributed by atoms with Crippen LogP contribution >= 0.6 is 0 Å². The maximum atomic E-state index is 11.4. The van der Waals surface area contributed by atoms with Crippen LogP contribution in [-0.4, -0.2) is 22.2 Å². The fourth-order valence-electron chi connectivity index (χ4n) is 2.54. The van der Waals surface area contributed by atoms with E-state index in [9.17, 15) is 19.8 Å². The molecular formula is C18H24O4. The first-order valence-electron chi connectivity index (χ1n) is 7.52. The first-order chi connectivity index (χ1) is 10.2. The van der Waals surface area contributed by atoms with Gasteiger partial charge in [0.05, 0.1) is 0 Å². The van der Waals surface area contributed by atoms with E-state index in [4.69, 9.17) is 0 Å². The van der Waals surface area contributed by atoms with Gasteiger partial charge in [0.15, 0.2) is 0 Å². The quantitative estimate of drug-likeness (QED) is 0.456. The Kier molecular flexibility index (Phi) is 6.35. The zero-order valence-electron chi connectivity index (χ0n) is 13.6. The SMILES string of the molecule is CC(C)CC(=C(C(=O)O)C(=O)O)c1ccccc1CC(C)C. The molecule has 0 fully saturated rings. The minimum Gasteiger partial charge on any atom is -0.477 e. The Hall–Kier alpha value is -2.10. The van der Waals surface area contributed by atoms with Crippen molar-refractivity contribution >= 4 is 17.5 Å². The number of hydrogen-bond acceptors (Lipinski definition) is 2. The van der Waals surface area contributed by atoms with E-state index in [2.05, 4.69) is 13.8 Å². The second kappa shape index (κ2) is 7.78. The highest BCUT2D eigenvalue weighted by Crippen LogP contribution is 2.30. The van der Waals surface area contributed by atoms with Crippen LogP contribution < -0.4 is 0 Å². The third-order valence-corrected chi connectivity index (χ3v) is 3.31. The molecule has 0 heterocycles. The van der Waals surface area contributed by atoms with Gasteiger partial charge < -0.3 is 10.2 Å². The highest BCUT2D eigenvalue weighted by atomic mass is 16.4. The Balaban J connectivity index is 3.56. The molecule has 2 N–H and O–H groups in total. The lowest BCUT2D eigenvalue weighted by Crippen LogP contribution is -2.16. The molecule has 0 spiro atoms. The Morgan fingerprint density at radius 3 is 1.95 bits per heavy atom. The van der Waals surface area contributed by atoms with Crippen molar-refractivity contribution in [2.75, 3.05) is 0 Å². The first kappa shape index (κ1) is 18.0. The molecular weight excluding hydrogens is 280 g/mol. The lowest BCUT2D eigenvalue weighted by Gasteiger charge is -2.18. The second-order valence-electron chi connectivity index (χ2n) is 6.32. The Morgan fingerprint density at radius 1 is 0.955 bits per heavy atom. The van der Waals surface area contributed by atoms with Gasteiger partial charge in [-0.25, -0.2) is 9.59 Å². The maximum Gasteiger partial charge on any atom is 0.343 e. The highest BCUT2D eigenvalue weighted by molar-refractivity contribution is 6.18. The molecule has 0 unspecified atom stereocenters. The topological polar surface area (TPSA) is 74.6 Å². The minimum atomic E-state index is -1.39. The molecule has 0 bridgehead atoms. The van der Waals surface area contributed by atoms with Gasteiger partial charge in [0, 0.05) is 0 Å². The van der Waals surface area contributed by atoms with Crippen LogP contribution in [0.1, 0.15) is 45.2 Å². The second-order valence-corrected chi connectivity index (χ2v) is 6.32. The maximum absolute atomic E-state index is 11.4. The van der Waals surface area contributed by atoms with Crippen molar-refractivity contribution in [3.63, 3.8) is 0 Å². The van der Waals surface area contributed by atoms with Gasteiger partial charge in [0.25, 0.3) is 0 Å². The Bertz CT molecular complexity index is 567. The van der Waals surface area contributed by atoms with Gasteiger partial charge in [-0.2, -0.15) is 0 Å². The number of allylic oxidation sites excluding steroid dienone is 1. The van der Waals surface area contributed by atoms with Crippen LogP contribution in [0.2, 0.25) is 0 Å². The van der Waals surface area contributed by atoms with Gasteiger partial charge in [-0.3, -0.25) is 0 Å². The van der Waals surface area contributed by atoms with Crippen LogP contribution in [0.5, 0.6) is 0 Å². The number of carboxylic acids is 2. The predicted octanol–water partition coefficient (Wildman–Crippen LogP) is 3.85. The molecule has 22 heavy (non-hydrogen) atoms. The molecule has 0 saturated carbocycles. The van der Waals surface area contributed by atoms with E-state index in [-0.39, 0.29) is 5.92 Å². The monoisotopic (exact) mass is 304 g/mol. The predicted molar refractivity (Wildman–Crippen MR) is 86.6 cm³/mol. The molecule has 0 aliphatic heterocycles. The van der Waals surface area contributed by atoms with Crippen molar-refractivity contribution < 1.29 is 19.8 Å². The molecule has 0 atom stereocenters. The molecule has 0 aliphatic carbocycles. The fourth-order valence-corrected chi connectivity index (χ4v) is 2.54. The molecule has 0 aromatic heterocycles. The van der Waals surface area contributed by atoms with E-state index in [1.807, 2.05) is 38.1 Å². The Labute approximate surface area is 131 Å². The molecule has 0 saturated heterocycles. The van der Waals surface area contributed by atoms with Gasteiger partial charge in [0.1, 0.15) is 5.57 Å². The van der Waals surface area contributed by atoms with Crippen LogP contribution in [0.15, 0.2) is 29.8 Å². The van der Waals surface area contributed by atoms with Crippen LogP contribution in [0, 0.1) is 11.8 Å². The molecule has 4 nitrogen and oxygen atoms in total. The molecule has 1 rings (SSSR count). The average Bonchev–Trinajstić information content (AvgIpc) is 2.36. The number of carbonyl (C=O) groups is 2. The molecule has 0 amide bonds. The summed E-state index contributed by atoms with van der Waals surface area (Å²) in [5.41, 5.74) is 1.62. The van der Waals surface area contributed by atoms with Gasteiger partial charge in [-0.05, 0) is 41.4 Å². The van der Waals surface area contributed by atoms with Crippen molar-refractivity contribution in [2.24, 2.45) is 11.8 Å². The normalized spacial score (nSPS) is 10.8. The summed E-state index contributed by atoms with van der Waals surface area (Å²) in [5.74, 6) is -2.21. The fraction of sp³-hybridized carbons (Fsp3) is 0.444. The van der Waals surface area contributed by atoms with Crippen LogP contribution in [0.25, 0.3) is 5.57 Å². The Morgan fingerprint density at radius 2 is 1.50 bits per heavy atom. The smallest absolute Gasteiger partial charge is 0.343 e. The average molecular weight is 304 g/mol. The summed E-state index contributed by atoms with van der Waals surface area (Å²) in [5, 5.41) is 18.6. The minimum absolute atomic E-state index is 0.163. The van der Waals surface area contributed by atoms with Gasteiger partial charge in [-0.1, -0.05) is 52.0 Å². The van der Waals surface area contributed by atoms with E-state index in [0.29, 0.717) is 17.9 Å². The van der Waals surface area contributed by atoms with E-state index >= 15 is 0 Å². The zero-order valence-corrected chi connectivity index (χ0v) is 13.6. The third kappa shape index (κ3) is 4.72. The number of carboxylic acid groups (broad SMARTS) is 2. The van der Waals surface area contributed by atoms with Crippen molar-refractivity contribution in [2.45, 2.75) is 40.5 Å². The molecule has 1 aromatic rings. The largest absolute Gasteiger partial charge is 0.477 e. The summed E-state index contributed by atoms with van der Waals surface area (Å²) in [6.07, 6.45) is 1.20.